The summed E-state index contributed by atoms with van der Waals surface area (Å²) in [5.41, 5.74) is 1.66. The lowest BCUT2D eigenvalue weighted by molar-refractivity contribution is 0.317. The summed E-state index contributed by atoms with van der Waals surface area (Å²) in [6.45, 7) is 1.10. The van der Waals surface area contributed by atoms with Crippen LogP contribution in [0, 0.1) is 11.6 Å². The van der Waals surface area contributed by atoms with Crippen LogP contribution in [-0.4, -0.2) is 19.1 Å². The topological polar surface area (TPSA) is 12.5 Å². The lowest BCUT2D eigenvalue weighted by Gasteiger charge is -2.18. The van der Waals surface area contributed by atoms with Crippen LogP contribution in [0.3, 0.4) is 0 Å². The summed E-state index contributed by atoms with van der Waals surface area (Å²) < 4.78 is 31.5. The van der Waals surface area contributed by atoms with E-state index in [0.717, 1.165) is 11.1 Å². The van der Waals surface area contributed by atoms with Crippen molar-refractivity contribution in [2.75, 3.05) is 14.2 Å². The van der Waals surface area contributed by atoms with Gasteiger partial charge in [-0.3, -0.25) is 4.90 Å². The van der Waals surface area contributed by atoms with Crippen molar-refractivity contribution in [3.05, 3.63) is 64.2 Å². The second-order valence-corrected chi connectivity index (χ2v) is 5.28. The van der Waals surface area contributed by atoms with Crippen molar-refractivity contribution in [3.63, 3.8) is 0 Å². The van der Waals surface area contributed by atoms with Crippen molar-refractivity contribution < 1.29 is 13.5 Å². The molecule has 2 aromatic rings. The fourth-order valence-corrected chi connectivity index (χ4v) is 2.34. The van der Waals surface area contributed by atoms with Crippen LogP contribution in [0.1, 0.15) is 11.1 Å². The SMILES string of the molecule is COc1ccc(CN(C)Cc2ccc(F)cc2Cl)cc1F. The van der Waals surface area contributed by atoms with Crippen LogP contribution in [0.25, 0.3) is 0 Å². The zero-order valence-corrected chi connectivity index (χ0v) is 12.6. The van der Waals surface area contributed by atoms with E-state index in [1.807, 2.05) is 18.0 Å². The number of rotatable bonds is 5. The average molecular weight is 312 g/mol. The van der Waals surface area contributed by atoms with Gasteiger partial charge in [0.1, 0.15) is 5.82 Å². The molecule has 0 fully saturated rings. The first kappa shape index (κ1) is 15.7. The predicted octanol–water partition coefficient (Wildman–Crippen LogP) is 4.26. The van der Waals surface area contributed by atoms with Crippen molar-refractivity contribution in [1.82, 2.24) is 4.90 Å². The van der Waals surface area contributed by atoms with Gasteiger partial charge in [0.15, 0.2) is 11.6 Å². The Bertz CT molecular complexity index is 634. The van der Waals surface area contributed by atoms with Crippen molar-refractivity contribution in [3.8, 4) is 5.75 Å². The highest BCUT2D eigenvalue weighted by Crippen LogP contribution is 2.21. The van der Waals surface area contributed by atoms with Crippen LogP contribution < -0.4 is 4.74 Å². The van der Waals surface area contributed by atoms with E-state index in [1.165, 1.54) is 25.3 Å². The second-order valence-electron chi connectivity index (χ2n) is 4.88. The number of hydrogen-bond donors (Lipinski definition) is 0. The fourth-order valence-electron chi connectivity index (χ4n) is 2.12. The molecule has 5 heteroatoms. The summed E-state index contributed by atoms with van der Waals surface area (Å²) in [6.07, 6.45) is 0. The number of methoxy groups -OCH3 is 1. The number of benzene rings is 2. The average Bonchev–Trinajstić information content (AvgIpc) is 2.42. The molecule has 0 unspecified atom stereocenters. The normalized spacial score (nSPS) is 11.0. The molecule has 0 saturated heterocycles. The molecule has 0 aliphatic carbocycles. The maximum Gasteiger partial charge on any atom is 0.165 e. The van der Waals surface area contributed by atoms with Gasteiger partial charge in [0.2, 0.25) is 0 Å². The second kappa shape index (κ2) is 6.87. The van der Waals surface area contributed by atoms with E-state index < -0.39 is 0 Å². The molecule has 0 aromatic heterocycles. The van der Waals surface area contributed by atoms with Gasteiger partial charge >= 0.3 is 0 Å². The molecule has 112 valence electrons. The summed E-state index contributed by atoms with van der Waals surface area (Å²) in [7, 11) is 3.32. The predicted molar refractivity (Wildman–Crippen MR) is 79.5 cm³/mol. The van der Waals surface area contributed by atoms with Gasteiger partial charge in [0.05, 0.1) is 7.11 Å². The molecule has 0 radical (unpaired) electrons. The monoisotopic (exact) mass is 311 g/mol. The van der Waals surface area contributed by atoms with Crippen LogP contribution in [0.4, 0.5) is 8.78 Å². The number of halogens is 3. The molecule has 21 heavy (non-hydrogen) atoms. The summed E-state index contributed by atoms with van der Waals surface area (Å²) in [6, 6.07) is 9.18. The minimum absolute atomic E-state index is 0.225. The molecule has 2 aromatic carbocycles. The molecule has 2 rings (SSSR count). The first-order chi connectivity index (χ1) is 9.99. The van der Waals surface area contributed by atoms with Crippen molar-refractivity contribution in [2.24, 2.45) is 0 Å². The molecule has 0 aliphatic rings. The summed E-state index contributed by atoms with van der Waals surface area (Å²) in [5, 5.41) is 0.391. The van der Waals surface area contributed by atoms with E-state index in [2.05, 4.69) is 0 Å². The van der Waals surface area contributed by atoms with E-state index in [4.69, 9.17) is 16.3 Å². The molecule has 0 heterocycles. The molecule has 0 atom stereocenters. The fraction of sp³-hybridized carbons (Fsp3) is 0.250. The van der Waals surface area contributed by atoms with Gasteiger partial charge in [-0.15, -0.1) is 0 Å². The van der Waals surface area contributed by atoms with Crippen LogP contribution in [0.2, 0.25) is 5.02 Å². The molecule has 0 amide bonds. The van der Waals surface area contributed by atoms with E-state index in [-0.39, 0.29) is 17.4 Å². The van der Waals surface area contributed by atoms with Crippen LogP contribution in [-0.2, 0) is 13.1 Å². The first-order valence-corrected chi connectivity index (χ1v) is 6.82. The Labute approximate surface area is 127 Å². The maximum atomic E-state index is 13.6. The smallest absolute Gasteiger partial charge is 0.165 e. The van der Waals surface area contributed by atoms with Gasteiger partial charge in [-0.1, -0.05) is 23.7 Å². The quantitative estimate of drug-likeness (QED) is 0.818. The van der Waals surface area contributed by atoms with Crippen molar-refractivity contribution in [1.29, 1.82) is 0 Å². The standard InChI is InChI=1S/C16H16ClF2NO/c1-20(10-12-4-5-13(18)8-14(12)17)9-11-3-6-16(21-2)15(19)7-11/h3-8H,9-10H2,1-2H3. The Hall–Kier alpha value is -1.65. The Morgan fingerprint density at radius 3 is 2.48 bits per heavy atom. The zero-order valence-electron chi connectivity index (χ0n) is 11.9. The Morgan fingerprint density at radius 1 is 1.10 bits per heavy atom. The Morgan fingerprint density at radius 2 is 1.86 bits per heavy atom. The Balaban J connectivity index is 2.04. The lowest BCUT2D eigenvalue weighted by atomic mass is 10.1. The largest absolute Gasteiger partial charge is 0.494 e. The van der Waals surface area contributed by atoms with Gasteiger partial charge in [-0.25, -0.2) is 8.78 Å². The molecule has 0 spiro atoms. The number of hydrogen-bond acceptors (Lipinski definition) is 2. The van der Waals surface area contributed by atoms with Crippen LogP contribution in [0.15, 0.2) is 36.4 Å². The lowest BCUT2D eigenvalue weighted by Crippen LogP contribution is -2.17. The van der Waals surface area contributed by atoms with Gasteiger partial charge in [-0.05, 0) is 42.4 Å². The highest BCUT2D eigenvalue weighted by molar-refractivity contribution is 6.31. The van der Waals surface area contributed by atoms with E-state index in [9.17, 15) is 8.78 Å². The van der Waals surface area contributed by atoms with E-state index in [1.54, 1.807) is 12.1 Å². The molecule has 0 bridgehead atoms. The van der Waals surface area contributed by atoms with Crippen molar-refractivity contribution in [2.45, 2.75) is 13.1 Å². The Kier molecular flexibility index (Phi) is 5.15. The van der Waals surface area contributed by atoms with Gasteiger partial charge in [0.25, 0.3) is 0 Å². The highest BCUT2D eigenvalue weighted by Gasteiger charge is 2.08. The molecule has 0 N–H and O–H groups in total. The van der Waals surface area contributed by atoms with Crippen molar-refractivity contribution >= 4 is 11.6 Å². The minimum atomic E-state index is -0.386. The van der Waals surface area contributed by atoms with Gasteiger partial charge in [0, 0.05) is 18.1 Å². The zero-order chi connectivity index (χ0) is 15.4. The molecule has 0 aliphatic heterocycles. The molecule has 0 saturated carbocycles. The number of ether oxygens (including phenoxy) is 1. The molecule has 2 nitrogen and oxygen atoms in total. The van der Waals surface area contributed by atoms with Gasteiger partial charge in [-0.2, -0.15) is 0 Å². The molecular weight excluding hydrogens is 296 g/mol. The third kappa shape index (κ3) is 4.16. The summed E-state index contributed by atoms with van der Waals surface area (Å²) >= 11 is 6.00. The number of nitrogens with zero attached hydrogens (tertiary/aromatic N) is 1. The van der Waals surface area contributed by atoms with Crippen LogP contribution in [0.5, 0.6) is 5.75 Å². The third-order valence-electron chi connectivity index (χ3n) is 3.12. The summed E-state index contributed by atoms with van der Waals surface area (Å²) in [4.78, 5) is 1.97. The maximum absolute atomic E-state index is 13.6. The third-order valence-corrected chi connectivity index (χ3v) is 3.48. The van der Waals surface area contributed by atoms with E-state index in [0.29, 0.717) is 18.1 Å². The van der Waals surface area contributed by atoms with Crippen LogP contribution >= 0.6 is 11.6 Å². The van der Waals surface area contributed by atoms with E-state index >= 15 is 0 Å². The highest BCUT2D eigenvalue weighted by atomic mass is 35.5. The minimum Gasteiger partial charge on any atom is -0.494 e. The summed E-state index contributed by atoms with van der Waals surface area (Å²) in [5.74, 6) is -0.519. The first-order valence-electron chi connectivity index (χ1n) is 6.44. The van der Waals surface area contributed by atoms with Gasteiger partial charge < -0.3 is 4.74 Å². The molecular formula is C16H16ClF2NO.